The Morgan fingerprint density at radius 2 is 1.52 bits per heavy atom. The number of allylic oxidation sites excluding steroid dienone is 1. The molecular formula is C29H27N2O2+. The first-order valence-corrected chi connectivity index (χ1v) is 11.8. The van der Waals surface area contributed by atoms with Crippen molar-refractivity contribution >= 4 is 43.9 Å². The van der Waals surface area contributed by atoms with Crippen molar-refractivity contribution in [3.8, 4) is 5.75 Å². The summed E-state index contributed by atoms with van der Waals surface area (Å²) in [7, 11) is 0. The second kappa shape index (κ2) is 7.66. The van der Waals surface area contributed by atoms with Gasteiger partial charge in [-0.2, -0.15) is 4.57 Å². The van der Waals surface area contributed by atoms with Crippen molar-refractivity contribution in [1.29, 1.82) is 0 Å². The molecule has 4 heteroatoms. The van der Waals surface area contributed by atoms with Crippen LogP contribution >= 0.6 is 0 Å². The molecule has 0 unspecified atom stereocenters. The third kappa shape index (κ3) is 2.87. The zero-order valence-corrected chi connectivity index (χ0v) is 19.3. The lowest BCUT2D eigenvalue weighted by Crippen LogP contribution is -2.36. The molecule has 0 radical (unpaired) electrons. The van der Waals surface area contributed by atoms with Crippen molar-refractivity contribution < 1.29 is 13.7 Å². The number of ether oxygens (including phenoxy) is 1. The van der Waals surface area contributed by atoms with E-state index in [2.05, 4.69) is 103 Å². The fourth-order valence-electron chi connectivity index (χ4n) is 5.16. The van der Waals surface area contributed by atoms with Gasteiger partial charge in [0.1, 0.15) is 12.1 Å². The zero-order valence-electron chi connectivity index (χ0n) is 19.3. The molecule has 0 N–H and O–H groups in total. The van der Waals surface area contributed by atoms with Crippen LogP contribution < -0.4 is 14.2 Å². The van der Waals surface area contributed by atoms with Crippen molar-refractivity contribution in [3.05, 3.63) is 84.6 Å². The molecule has 5 aromatic rings. The molecule has 1 aliphatic heterocycles. The molecule has 2 heterocycles. The average Bonchev–Trinajstić information content (AvgIpc) is 3.43. The average molecular weight is 436 g/mol. The molecule has 0 fully saturated rings. The predicted molar refractivity (Wildman–Crippen MR) is 134 cm³/mol. The van der Waals surface area contributed by atoms with Gasteiger partial charge in [-0.15, -0.1) is 0 Å². The van der Waals surface area contributed by atoms with Gasteiger partial charge in [-0.1, -0.05) is 61.5 Å². The van der Waals surface area contributed by atoms with Crippen molar-refractivity contribution in [2.75, 3.05) is 11.4 Å². The van der Waals surface area contributed by atoms with Gasteiger partial charge >= 0.3 is 5.89 Å². The van der Waals surface area contributed by atoms with Crippen LogP contribution in [-0.4, -0.2) is 6.54 Å². The van der Waals surface area contributed by atoms with E-state index < -0.39 is 0 Å². The van der Waals surface area contributed by atoms with Crippen LogP contribution in [0.15, 0.2) is 83.1 Å². The van der Waals surface area contributed by atoms with Gasteiger partial charge in [-0.05, 0) is 49.2 Å². The first-order chi connectivity index (χ1) is 16.2. The lowest BCUT2D eigenvalue weighted by atomic mass is 10.1. The highest BCUT2D eigenvalue weighted by atomic mass is 16.5. The Morgan fingerprint density at radius 1 is 0.818 bits per heavy atom. The summed E-state index contributed by atoms with van der Waals surface area (Å²) in [5.74, 6) is 2.65. The summed E-state index contributed by atoms with van der Waals surface area (Å²) < 4.78 is 15.4. The highest BCUT2D eigenvalue weighted by molar-refractivity contribution is 6.02. The molecule has 0 amide bonds. The number of hydrogen-bond donors (Lipinski definition) is 0. The molecular weight excluding hydrogens is 408 g/mol. The highest BCUT2D eigenvalue weighted by Crippen LogP contribution is 2.46. The summed E-state index contributed by atoms with van der Waals surface area (Å²) in [5, 5.41) is 4.86. The molecule has 0 bridgehead atoms. The molecule has 0 aliphatic carbocycles. The normalized spacial score (nSPS) is 14.8. The lowest BCUT2D eigenvalue weighted by molar-refractivity contribution is -0.674. The molecule has 1 aromatic heterocycles. The molecule has 1 aliphatic rings. The largest absolute Gasteiger partial charge is 0.438 e. The van der Waals surface area contributed by atoms with Gasteiger partial charge in [0.2, 0.25) is 11.5 Å². The number of fused-ring (bicyclic) bond motifs is 6. The minimum Gasteiger partial charge on any atom is -0.438 e. The first-order valence-electron chi connectivity index (χ1n) is 11.8. The second-order valence-electron chi connectivity index (χ2n) is 8.40. The summed E-state index contributed by atoms with van der Waals surface area (Å²) in [5.41, 5.74) is 4.27. The number of anilines is 1. The van der Waals surface area contributed by atoms with Crippen LogP contribution in [-0.2, 0) is 6.54 Å². The van der Waals surface area contributed by atoms with Crippen LogP contribution in [0.4, 0.5) is 5.69 Å². The summed E-state index contributed by atoms with van der Waals surface area (Å²) in [4.78, 5) is 2.29. The number of aromatic nitrogens is 1. The second-order valence-corrected chi connectivity index (χ2v) is 8.40. The number of aryl methyl sites for hydroxylation is 1. The topological polar surface area (TPSA) is 29.5 Å². The zero-order chi connectivity index (χ0) is 22.5. The Morgan fingerprint density at radius 3 is 2.24 bits per heavy atom. The molecule has 0 saturated heterocycles. The van der Waals surface area contributed by atoms with E-state index in [1.165, 1.54) is 21.5 Å². The summed E-state index contributed by atoms with van der Waals surface area (Å²) >= 11 is 0. The Hall–Kier alpha value is -3.79. The Labute approximate surface area is 193 Å². The maximum atomic E-state index is 6.54. The Balaban J connectivity index is 1.62. The van der Waals surface area contributed by atoms with Crippen molar-refractivity contribution in [3.63, 3.8) is 0 Å². The van der Waals surface area contributed by atoms with E-state index in [1.807, 2.05) is 0 Å². The van der Waals surface area contributed by atoms with E-state index in [9.17, 15) is 0 Å². The Bertz CT molecular complexity index is 1560. The van der Waals surface area contributed by atoms with Crippen molar-refractivity contribution in [2.24, 2.45) is 0 Å². The predicted octanol–water partition coefficient (Wildman–Crippen LogP) is 7.04. The molecule has 0 atom stereocenters. The van der Waals surface area contributed by atoms with Crippen LogP contribution in [0.2, 0.25) is 0 Å². The number of oxazole rings is 1. The van der Waals surface area contributed by atoms with E-state index in [0.29, 0.717) is 0 Å². The maximum Gasteiger partial charge on any atom is 0.382 e. The van der Waals surface area contributed by atoms with Crippen molar-refractivity contribution in [2.45, 2.75) is 33.7 Å². The van der Waals surface area contributed by atoms with Crippen molar-refractivity contribution in [1.82, 2.24) is 0 Å². The van der Waals surface area contributed by atoms with Gasteiger partial charge < -0.3 is 14.1 Å². The van der Waals surface area contributed by atoms with Crippen LogP contribution in [0.3, 0.4) is 0 Å². The molecule has 6 rings (SSSR count). The van der Waals surface area contributed by atoms with Gasteiger partial charge in [-0.25, -0.2) is 0 Å². The molecule has 4 aromatic carbocycles. The smallest absolute Gasteiger partial charge is 0.382 e. The minimum absolute atomic E-state index is 0.801. The van der Waals surface area contributed by atoms with E-state index in [1.54, 1.807) is 0 Å². The SMILES string of the molecule is CCC(=C1Oc2ccc3ccccc3c2N1CC)c1oc2ccc3ccccc3c2[n+]1CC. The maximum absolute atomic E-state index is 6.54. The van der Waals surface area contributed by atoms with Gasteiger partial charge in [0.05, 0.1) is 11.1 Å². The first kappa shape index (κ1) is 19.9. The van der Waals surface area contributed by atoms with Gasteiger partial charge in [0, 0.05) is 11.9 Å². The monoisotopic (exact) mass is 435 g/mol. The summed E-state index contributed by atoms with van der Waals surface area (Å²) in [6.45, 7) is 8.15. The highest BCUT2D eigenvalue weighted by Gasteiger charge is 2.35. The number of nitrogens with zero attached hydrogens (tertiary/aromatic N) is 2. The lowest BCUT2D eigenvalue weighted by Gasteiger charge is -2.18. The van der Waals surface area contributed by atoms with Gasteiger partial charge in [0.15, 0.2) is 5.75 Å². The number of hydrogen-bond acceptors (Lipinski definition) is 3. The van der Waals surface area contributed by atoms with Crippen LogP contribution in [0.1, 0.15) is 33.1 Å². The number of rotatable bonds is 4. The standard InChI is InChI=1S/C29H27N2O2/c1-4-21(28-30(5-2)26-22-13-9-7-11-19(22)15-17-24(26)32-28)29-31(6-3)27-23-14-10-8-12-20(23)16-18-25(27)33-29/h7-18H,4-6H2,1-3H3/q+1. The molecule has 0 spiro atoms. The molecule has 33 heavy (non-hydrogen) atoms. The van der Waals surface area contributed by atoms with E-state index >= 15 is 0 Å². The molecule has 0 saturated carbocycles. The fourth-order valence-corrected chi connectivity index (χ4v) is 5.16. The minimum atomic E-state index is 0.801. The third-order valence-corrected chi connectivity index (χ3v) is 6.67. The third-order valence-electron chi connectivity index (χ3n) is 6.67. The van der Waals surface area contributed by atoms with Crippen LogP contribution in [0.5, 0.6) is 5.75 Å². The fraction of sp³-hybridized carbons (Fsp3) is 0.207. The Kier molecular flexibility index (Phi) is 4.61. The summed E-state index contributed by atoms with van der Waals surface area (Å²) in [6, 6.07) is 25.4. The van der Waals surface area contributed by atoms with Crippen LogP contribution in [0, 0.1) is 0 Å². The van der Waals surface area contributed by atoms with Crippen LogP contribution in [0.25, 0.3) is 38.2 Å². The quantitative estimate of drug-likeness (QED) is 0.283. The summed E-state index contributed by atoms with van der Waals surface area (Å²) in [6.07, 6.45) is 0.801. The van der Waals surface area contributed by atoms with Gasteiger partial charge in [-0.3, -0.25) is 0 Å². The molecule has 4 nitrogen and oxygen atoms in total. The molecule has 164 valence electrons. The number of benzene rings is 4. The van der Waals surface area contributed by atoms with E-state index in [4.69, 9.17) is 9.15 Å². The van der Waals surface area contributed by atoms with E-state index in [-0.39, 0.29) is 0 Å². The van der Waals surface area contributed by atoms with E-state index in [0.717, 1.165) is 59.4 Å². The van der Waals surface area contributed by atoms with Gasteiger partial charge in [0.25, 0.3) is 5.52 Å².